The minimum atomic E-state index is -0.631. The average Bonchev–Trinajstić information content (AvgIpc) is 2.13. The number of carbonyl (C=O) groups is 3. The number of Topliss-reactive ketones (excluding diaryl/α,β-unsaturated/α-hetero) is 3. The summed E-state index contributed by atoms with van der Waals surface area (Å²) in [6.07, 6.45) is 0.727. The van der Waals surface area contributed by atoms with Gasteiger partial charge in [-0.05, 0) is 18.8 Å². The van der Waals surface area contributed by atoms with E-state index < -0.39 is 5.92 Å². The van der Waals surface area contributed by atoms with Gasteiger partial charge in [0.2, 0.25) is 0 Å². The largest absolute Gasteiger partial charge is 0.299 e. The number of rotatable bonds is 8. The van der Waals surface area contributed by atoms with Crippen LogP contribution in [0, 0.1) is 17.8 Å². The van der Waals surface area contributed by atoms with Crippen molar-refractivity contribution in [2.75, 3.05) is 0 Å². The molecule has 0 saturated carbocycles. The fraction of sp³-hybridized carbons (Fsp3) is 0.786. The molecule has 1 atom stereocenters. The molecule has 0 aliphatic heterocycles. The molecule has 98 valence electrons. The normalized spacial score (nSPS) is 12.9. The van der Waals surface area contributed by atoms with E-state index in [4.69, 9.17) is 0 Å². The molecule has 0 aromatic carbocycles. The molecule has 0 bridgehead atoms. The molecule has 0 radical (unpaired) electrons. The molecule has 3 nitrogen and oxygen atoms in total. The van der Waals surface area contributed by atoms with Gasteiger partial charge in [-0.1, -0.05) is 27.7 Å². The van der Waals surface area contributed by atoms with Crippen LogP contribution in [-0.2, 0) is 14.4 Å². The van der Waals surface area contributed by atoms with Crippen molar-refractivity contribution in [3.63, 3.8) is 0 Å². The molecular weight excluding hydrogens is 216 g/mol. The van der Waals surface area contributed by atoms with Gasteiger partial charge in [-0.15, -0.1) is 0 Å². The van der Waals surface area contributed by atoms with Crippen LogP contribution in [0.15, 0.2) is 0 Å². The fourth-order valence-electron chi connectivity index (χ4n) is 1.63. The zero-order valence-corrected chi connectivity index (χ0v) is 11.6. The molecule has 0 fully saturated rings. The van der Waals surface area contributed by atoms with Gasteiger partial charge in [-0.25, -0.2) is 0 Å². The minimum absolute atomic E-state index is 0.0534. The van der Waals surface area contributed by atoms with Crippen molar-refractivity contribution in [2.24, 2.45) is 17.8 Å². The van der Waals surface area contributed by atoms with E-state index in [-0.39, 0.29) is 35.6 Å². The summed E-state index contributed by atoms with van der Waals surface area (Å²) in [7, 11) is 0. The second-order valence-corrected chi connectivity index (χ2v) is 5.57. The molecule has 0 N–H and O–H groups in total. The Labute approximate surface area is 104 Å². The van der Waals surface area contributed by atoms with Crippen LogP contribution in [0.5, 0.6) is 0 Å². The smallest absolute Gasteiger partial charge is 0.150 e. The molecule has 0 spiro atoms. The van der Waals surface area contributed by atoms with Crippen molar-refractivity contribution in [3.05, 3.63) is 0 Å². The van der Waals surface area contributed by atoms with Crippen LogP contribution in [0.25, 0.3) is 0 Å². The number of hydrogen-bond acceptors (Lipinski definition) is 3. The second kappa shape index (κ2) is 7.36. The first-order valence-electron chi connectivity index (χ1n) is 6.31. The molecule has 0 rings (SSSR count). The van der Waals surface area contributed by atoms with Gasteiger partial charge in [0.15, 0.2) is 0 Å². The van der Waals surface area contributed by atoms with Crippen LogP contribution in [0.2, 0.25) is 0 Å². The SMILES string of the molecule is CC(C)CC(=O)CC(=O)C(C)C(=O)CC(C)C. The van der Waals surface area contributed by atoms with Crippen LogP contribution < -0.4 is 0 Å². The van der Waals surface area contributed by atoms with Crippen molar-refractivity contribution < 1.29 is 14.4 Å². The quantitative estimate of drug-likeness (QED) is 0.613. The highest BCUT2D eigenvalue weighted by molar-refractivity contribution is 6.09. The predicted molar refractivity (Wildman–Crippen MR) is 67.7 cm³/mol. The van der Waals surface area contributed by atoms with Crippen LogP contribution >= 0.6 is 0 Å². The van der Waals surface area contributed by atoms with E-state index >= 15 is 0 Å². The van der Waals surface area contributed by atoms with Gasteiger partial charge in [0, 0.05) is 12.8 Å². The lowest BCUT2D eigenvalue weighted by Crippen LogP contribution is -2.24. The summed E-state index contributed by atoms with van der Waals surface area (Å²) >= 11 is 0. The molecule has 0 aromatic heterocycles. The maximum absolute atomic E-state index is 11.7. The minimum Gasteiger partial charge on any atom is -0.299 e. The van der Waals surface area contributed by atoms with Gasteiger partial charge >= 0.3 is 0 Å². The number of ketones is 3. The number of hydrogen-bond donors (Lipinski definition) is 0. The highest BCUT2D eigenvalue weighted by atomic mass is 16.2. The lowest BCUT2D eigenvalue weighted by Gasteiger charge is -2.11. The first-order chi connectivity index (χ1) is 7.73. The Morgan fingerprint density at radius 2 is 1.24 bits per heavy atom. The lowest BCUT2D eigenvalue weighted by molar-refractivity contribution is -0.134. The molecule has 0 amide bonds. The highest BCUT2D eigenvalue weighted by Crippen LogP contribution is 2.12. The summed E-state index contributed by atoms with van der Waals surface area (Å²) in [4.78, 5) is 34.9. The van der Waals surface area contributed by atoms with Gasteiger partial charge in [-0.2, -0.15) is 0 Å². The molecular formula is C14H24O3. The van der Waals surface area contributed by atoms with Gasteiger partial charge in [0.1, 0.15) is 17.3 Å². The fourth-order valence-corrected chi connectivity index (χ4v) is 1.63. The van der Waals surface area contributed by atoms with Gasteiger partial charge in [-0.3, -0.25) is 14.4 Å². The van der Waals surface area contributed by atoms with E-state index in [1.807, 2.05) is 27.7 Å². The molecule has 3 heteroatoms. The third-order valence-corrected chi connectivity index (χ3v) is 2.58. The van der Waals surface area contributed by atoms with Crippen LogP contribution in [0.4, 0.5) is 0 Å². The van der Waals surface area contributed by atoms with E-state index in [9.17, 15) is 14.4 Å². The van der Waals surface area contributed by atoms with Crippen LogP contribution in [0.1, 0.15) is 53.9 Å². The zero-order chi connectivity index (χ0) is 13.6. The summed E-state index contributed by atoms with van der Waals surface area (Å²) in [5.41, 5.74) is 0. The summed E-state index contributed by atoms with van der Waals surface area (Å²) in [5, 5.41) is 0. The van der Waals surface area contributed by atoms with Gasteiger partial charge in [0.25, 0.3) is 0 Å². The van der Waals surface area contributed by atoms with E-state index in [1.165, 1.54) is 0 Å². The first kappa shape index (κ1) is 16.0. The summed E-state index contributed by atoms with van der Waals surface area (Å²) in [5.74, 6) is -0.465. The third-order valence-electron chi connectivity index (χ3n) is 2.58. The van der Waals surface area contributed by atoms with Crippen molar-refractivity contribution in [2.45, 2.75) is 53.9 Å². The van der Waals surface area contributed by atoms with Crippen molar-refractivity contribution in [1.29, 1.82) is 0 Å². The summed E-state index contributed by atoms with van der Waals surface area (Å²) in [6, 6.07) is 0. The lowest BCUT2D eigenvalue weighted by atomic mass is 9.91. The van der Waals surface area contributed by atoms with E-state index in [1.54, 1.807) is 6.92 Å². The Kier molecular flexibility index (Phi) is 6.93. The maximum atomic E-state index is 11.7. The van der Waals surface area contributed by atoms with Crippen LogP contribution in [0.3, 0.4) is 0 Å². The first-order valence-corrected chi connectivity index (χ1v) is 6.31. The van der Waals surface area contributed by atoms with Crippen LogP contribution in [-0.4, -0.2) is 17.3 Å². The van der Waals surface area contributed by atoms with Crippen molar-refractivity contribution in [1.82, 2.24) is 0 Å². The van der Waals surface area contributed by atoms with E-state index in [0.717, 1.165) is 0 Å². The van der Waals surface area contributed by atoms with E-state index in [2.05, 4.69) is 0 Å². The van der Waals surface area contributed by atoms with E-state index in [0.29, 0.717) is 12.8 Å². The summed E-state index contributed by atoms with van der Waals surface area (Å²) < 4.78 is 0. The third kappa shape index (κ3) is 7.03. The van der Waals surface area contributed by atoms with Gasteiger partial charge < -0.3 is 0 Å². The molecule has 17 heavy (non-hydrogen) atoms. The summed E-state index contributed by atoms with van der Waals surface area (Å²) in [6.45, 7) is 9.37. The van der Waals surface area contributed by atoms with Gasteiger partial charge in [0.05, 0.1) is 12.3 Å². The zero-order valence-electron chi connectivity index (χ0n) is 11.6. The Hall–Kier alpha value is -0.990. The second-order valence-electron chi connectivity index (χ2n) is 5.57. The average molecular weight is 240 g/mol. The molecule has 0 aliphatic carbocycles. The predicted octanol–water partition coefficient (Wildman–Crippen LogP) is 2.81. The topological polar surface area (TPSA) is 51.2 Å². The molecule has 1 unspecified atom stereocenters. The maximum Gasteiger partial charge on any atom is 0.150 e. The Morgan fingerprint density at radius 1 is 0.765 bits per heavy atom. The molecule has 0 heterocycles. The van der Waals surface area contributed by atoms with Crippen molar-refractivity contribution in [3.8, 4) is 0 Å². The Bertz CT molecular complexity index is 290. The Morgan fingerprint density at radius 3 is 1.65 bits per heavy atom. The molecule has 0 saturated heterocycles. The number of carbonyl (C=O) groups excluding carboxylic acids is 3. The van der Waals surface area contributed by atoms with Crippen molar-refractivity contribution >= 4 is 17.3 Å². The monoisotopic (exact) mass is 240 g/mol. The standard InChI is InChI=1S/C14H24O3/c1-9(2)6-12(15)8-14(17)11(5)13(16)7-10(3)4/h9-11H,6-8H2,1-5H3. The molecule has 0 aromatic rings. The highest BCUT2D eigenvalue weighted by Gasteiger charge is 2.23. The Balaban J connectivity index is 4.22. The molecule has 0 aliphatic rings.